The molecule has 1 aromatic rings. The van der Waals surface area contributed by atoms with Crippen molar-refractivity contribution in [3.63, 3.8) is 0 Å². The first kappa shape index (κ1) is 27.6. The van der Waals surface area contributed by atoms with Crippen LogP contribution in [-0.2, 0) is 16.0 Å². The van der Waals surface area contributed by atoms with Crippen LogP contribution in [-0.4, -0.2) is 18.2 Å². The molecular weight excluding hydrogens is 408 g/mol. The van der Waals surface area contributed by atoms with Gasteiger partial charge in [0.15, 0.2) is 0 Å². The van der Waals surface area contributed by atoms with Crippen LogP contribution < -0.4 is 4.74 Å². The standard InChI is InChI=1S/C30H48O3/c1-3-5-7-9-10-12-14-22-33-27-19-16-26(17-20-27)24-30(32)28-21-18-25(23-29(28)31)15-13-11-8-6-4-2/h16-17,19-20,25,28H,3-15,18,21-24H2,1-2H3. The van der Waals surface area contributed by atoms with Gasteiger partial charge in [0, 0.05) is 12.8 Å². The van der Waals surface area contributed by atoms with Gasteiger partial charge in [-0.1, -0.05) is 103 Å². The molecule has 2 atom stereocenters. The van der Waals surface area contributed by atoms with E-state index >= 15 is 0 Å². The maximum Gasteiger partial charge on any atom is 0.147 e. The van der Waals surface area contributed by atoms with Gasteiger partial charge < -0.3 is 4.74 Å². The number of hydrogen-bond acceptors (Lipinski definition) is 3. The second kappa shape index (κ2) is 16.9. The number of Topliss-reactive ketones (excluding diaryl/α,β-unsaturated/α-hetero) is 2. The van der Waals surface area contributed by atoms with Crippen molar-refractivity contribution >= 4 is 11.6 Å². The van der Waals surface area contributed by atoms with Gasteiger partial charge in [-0.05, 0) is 42.9 Å². The van der Waals surface area contributed by atoms with Crippen LogP contribution in [0.5, 0.6) is 5.75 Å². The first-order chi connectivity index (χ1) is 16.1. The molecule has 186 valence electrons. The fourth-order valence-corrected chi connectivity index (χ4v) is 4.99. The van der Waals surface area contributed by atoms with Gasteiger partial charge in [-0.15, -0.1) is 0 Å². The molecule has 1 saturated carbocycles. The van der Waals surface area contributed by atoms with Crippen molar-refractivity contribution in [3.8, 4) is 5.75 Å². The Bertz CT molecular complexity index is 664. The topological polar surface area (TPSA) is 43.4 Å². The molecule has 1 aromatic carbocycles. The molecule has 1 aliphatic rings. The van der Waals surface area contributed by atoms with Gasteiger partial charge in [-0.2, -0.15) is 0 Å². The molecule has 2 rings (SSSR count). The summed E-state index contributed by atoms with van der Waals surface area (Å²) >= 11 is 0. The number of benzene rings is 1. The van der Waals surface area contributed by atoms with E-state index in [0.717, 1.165) is 43.6 Å². The van der Waals surface area contributed by atoms with E-state index in [1.165, 1.54) is 70.6 Å². The van der Waals surface area contributed by atoms with Crippen LogP contribution in [0.2, 0.25) is 0 Å². The molecule has 3 heteroatoms. The van der Waals surface area contributed by atoms with Crippen molar-refractivity contribution in [1.29, 1.82) is 0 Å². The Hall–Kier alpha value is -1.64. The maximum atomic E-state index is 12.8. The lowest BCUT2D eigenvalue weighted by molar-refractivity contribution is -0.135. The second-order valence-corrected chi connectivity index (χ2v) is 10.1. The Morgan fingerprint density at radius 2 is 1.42 bits per heavy atom. The summed E-state index contributed by atoms with van der Waals surface area (Å²) in [5, 5.41) is 0. The zero-order valence-corrected chi connectivity index (χ0v) is 21.4. The number of rotatable bonds is 18. The van der Waals surface area contributed by atoms with Crippen LogP contribution in [0, 0.1) is 11.8 Å². The van der Waals surface area contributed by atoms with Crippen LogP contribution in [0.15, 0.2) is 24.3 Å². The lowest BCUT2D eigenvalue weighted by Crippen LogP contribution is -2.32. The fourth-order valence-electron chi connectivity index (χ4n) is 4.99. The number of ketones is 2. The first-order valence-electron chi connectivity index (χ1n) is 13.9. The van der Waals surface area contributed by atoms with Crippen LogP contribution in [0.4, 0.5) is 0 Å². The second-order valence-electron chi connectivity index (χ2n) is 10.1. The Labute approximate surface area is 203 Å². The Kier molecular flexibility index (Phi) is 14.1. The molecule has 0 bridgehead atoms. The third-order valence-corrected chi connectivity index (χ3v) is 7.17. The molecule has 33 heavy (non-hydrogen) atoms. The van der Waals surface area contributed by atoms with E-state index in [0.29, 0.717) is 18.8 Å². The van der Waals surface area contributed by atoms with Gasteiger partial charge >= 0.3 is 0 Å². The SMILES string of the molecule is CCCCCCCCCOc1ccc(CC(=O)C2CCC(CCCCCCC)CC2=O)cc1. The molecule has 3 nitrogen and oxygen atoms in total. The lowest BCUT2D eigenvalue weighted by Gasteiger charge is -2.26. The first-order valence-corrected chi connectivity index (χ1v) is 13.9. The zero-order valence-electron chi connectivity index (χ0n) is 21.4. The quantitative estimate of drug-likeness (QED) is 0.165. The van der Waals surface area contributed by atoms with Gasteiger partial charge in [0.25, 0.3) is 0 Å². The van der Waals surface area contributed by atoms with Gasteiger partial charge in [-0.25, -0.2) is 0 Å². The molecule has 0 aliphatic heterocycles. The molecule has 1 fully saturated rings. The summed E-state index contributed by atoms with van der Waals surface area (Å²) < 4.78 is 5.85. The minimum Gasteiger partial charge on any atom is -0.494 e. The summed E-state index contributed by atoms with van der Waals surface area (Å²) in [5.41, 5.74) is 0.981. The normalized spacial score (nSPS) is 18.4. The average Bonchev–Trinajstić information content (AvgIpc) is 2.81. The van der Waals surface area contributed by atoms with Crippen molar-refractivity contribution in [1.82, 2.24) is 0 Å². The summed E-state index contributed by atoms with van der Waals surface area (Å²) in [6.45, 7) is 5.23. The monoisotopic (exact) mass is 456 g/mol. The minimum absolute atomic E-state index is 0.0955. The number of ether oxygens (including phenoxy) is 1. The van der Waals surface area contributed by atoms with Gasteiger partial charge in [0.2, 0.25) is 0 Å². The van der Waals surface area contributed by atoms with Crippen molar-refractivity contribution in [2.75, 3.05) is 6.61 Å². The number of unbranched alkanes of at least 4 members (excludes halogenated alkanes) is 10. The van der Waals surface area contributed by atoms with Crippen LogP contribution >= 0.6 is 0 Å². The van der Waals surface area contributed by atoms with Crippen LogP contribution in [0.25, 0.3) is 0 Å². The fraction of sp³-hybridized carbons (Fsp3) is 0.733. The summed E-state index contributed by atoms with van der Waals surface area (Å²) in [7, 11) is 0. The van der Waals surface area contributed by atoms with E-state index in [1.807, 2.05) is 24.3 Å². The molecule has 2 unspecified atom stereocenters. The number of hydrogen-bond donors (Lipinski definition) is 0. The van der Waals surface area contributed by atoms with Crippen LogP contribution in [0.1, 0.15) is 122 Å². The highest BCUT2D eigenvalue weighted by Gasteiger charge is 2.32. The molecule has 0 amide bonds. The third kappa shape index (κ3) is 11.4. The Balaban J connectivity index is 1.63. The third-order valence-electron chi connectivity index (χ3n) is 7.17. The predicted octanol–water partition coefficient (Wildman–Crippen LogP) is 8.27. The highest BCUT2D eigenvalue weighted by Crippen LogP contribution is 2.31. The largest absolute Gasteiger partial charge is 0.494 e. The molecule has 0 heterocycles. The molecule has 0 saturated heterocycles. The van der Waals surface area contributed by atoms with Gasteiger partial charge in [-0.3, -0.25) is 9.59 Å². The van der Waals surface area contributed by atoms with Gasteiger partial charge in [0.05, 0.1) is 12.5 Å². The highest BCUT2D eigenvalue weighted by atomic mass is 16.5. The smallest absolute Gasteiger partial charge is 0.147 e. The minimum atomic E-state index is -0.380. The van der Waals surface area contributed by atoms with E-state index in [4.69, 9.17) is 4.74 Å². The van der Waals surface area contributed by atoms with Gasteiger partial charge in [0.1, 0.15) is 17.3 Å². The molecule has 1 aliphatic carbocycles. The Morgan fingerprint density at radius 3 is 2.06 bits per heavy atom. The molecule has 0 radical (unpaired) electrons. The van der Waals surface area contributed by atoms with E-state index in [2.05, 4.69) is 13.8 Å². The molecule has 0 spiro atoms. The lowest BCUT2D eigenvalue weighted by atomic mass is 9.76. The summed E-state index contributed by atoms with van der Waals surface area (Å²) in [6.07, 6.45) is 19.2. The number of carbonyl (C=O) groups is 2. The highest BCUT2D eigenvalue weighted by molar-refractivity contribution is 6.03. The van der Waals surface area contributed by atoms with Crippen LogP contribution in [0.3, 0.4) is 0 Å². The number of carbonyl (C=O) groups excluding carboxylic acids is 2. The van der Waals surface area contributed by atoms with Crippen molar-refractivity contribution < 1.29 is 14.3 Å². The maximum absolute atomic E-state index is 12.8. The van der Waals surface area contributed by atoms with E-state index in [1.54, 1.807) is 0 Å². The predicted molar refractivity (Wildman–Crippen MR) is 138 cm³/mol. The van der Waals surface area contributed by atoms with E-state index in [-0.39, 0.29) is 17.5 Å². The molecule has 0 N–H and O–H groups in total. The van der Waals surface area contributed by atoms with Crippen molar-refractivity contribution in [2.24, 2.45) is 11.8 Å². The Morgan fingerprint density at radius 1 is 0.818 bits per heavy atom. The summed E-state index contributed by atoms with van der Waals surface area (Å²) in [4.78, 5) is 25.4. The van der Waals surface area contributed by atoms with E-state index in [9.17, 15) is 9.59 Å². The zero-order chi connectivity index (χ0) is 23.7. The van der Waals surface area contributed by atoms with Crippen molar-refractivity contribution in [2.45, 2.75) is 123 Å². The van der Waals surface area contributed by atoms with E-state index < -0.39 is 0 Å². The molecule has 0 aromatic heterocycles. The molecular formula is C30H48O3. The summed E-state index contributed by atoms with van der Waals surface area (Å²) in [5.74, 6) is 1.26. The average molecular weight is 457 g/mol. The van der Waals surface area contributed by atoms with Crippen molar-refractivity contribution in [3.05, 3.63) is 29.8 Å². The summed E-state index contributed by atoms with van der Waals surface area (Å²) in [6, 6.07) is 7.87.